The second-order valence-corrected chi connectivity index (χ2v) is 6.89. The van der Waals surface area contributed by atoms with Gasteiger partial charge in [0.1, 0.15) is 5.75 Å². The molecule has 5 heteroatoms. The number of benzene rings is 2. The summed E-state index contributed by atoms with van der Waals surface area (Å²) in [5.74, 6) is 0.807. The Labute approximate surface area is 161 Å². The summed E-state index contributed by atoms with van der Waals surface area (Å²) in [5.41, 5.74) is 4.06. The van der Waals surface area contributed by atoms with Crippen LogP contribution in [-0.2, 0) is 4.74 Å². The number of rotatable bonds is 6. The van der Waals surface area contributed by atoms with Crippen LogP contribution in [0, 0.1) is 13.8 Å². The SMILES string of the molecule is COc1ccc(C(CNC(=O)c2cccc(C)c2C)N2CCOCC2)cc1. The molecule has 0 saturated carbocycles. The van der Waals surface area contributed by atoms with Gasteiger partial charge in [0, 0.05) is 25.2 Å². The van der Waals surface area contributed by atoms with Crippen LogP contribution in [0.5, 0.6) is 5.75 Å². The van der Waals surface area contributed by atoms with Gasteiger partial charge >= 0.3 is 0 Å². The van der Waals surface area contributed by atoms with Crippen LogP contribution in [0.1, 0.15) is 33.1 Å². The maximum Gasteiger partial charge on any atom is 0.251 e. The highest BCUT2D eigenvalue weighted by Crippen LogP contribution is 2.24. The first-order chi connectivity index (χ1) is 13.1. The topological polar surface area (TPSA) is 50.8 Å². The highest BCUT2D eigenvalue weighted by Gasteiger charge is 2.23. The van der Waals surface area contributed by atoms with Gasteiger partial charge in [-0.15, -0.1) is 0 Å². The number of aryl methyl sites for hydroxylation is 1. The molecular weight excluding hydrogens is 340 g/mol. The lowest BCUT2D eigenvalue weighted by Crippen LogP contribution is -2.43. The molecule has 0 aliphatic carbocycles. The van der Waals surface area contributed by atoms with E-state index in [1.807, 2.05) is 44.2 Å². The second-order valence-electron chi connectivity index (χ2n) is 6.89. The van der Waals surface area contributed by atoms with E-state index in [0.717, 1.165) is 48.7 Å². The molecule has 5 nitrogen and oxygen atoms in total. The number of methoxy groups -OCH3 is 1. The van der Waals surface area contributed by atoms with Crippen molar-refractivity contribution in [3.05, 3.63) is 64.7 Å². The molecule has 1 aliphatic rings. The van der Waals surface area contributed by atoms with Gasteiger partial charge in [-0.1, -0.05) is 24.3 Å². The third-order valence-electron chi connectivity index (χ3n) is 5.29. The molecule has 3 rings (SSSR count). The van der Waals surface area contributed by atoms with Gasteiger partial charge in [-0.25, -0.2) is 0 Å². The Morgan fingerprint density at radius 2 is 1.85 bits per heavy atom. The molecule has 0 radical (unpaired) electrons. The number of nitrogens with one attached hydrogen (secondary N) is 1. The van der Waals surface area contributed by atoms with Crippen LogP contribution in [0.25, 0.3) is 0 Å². The van der Waals surface area contributed by atoms with Crippen molar-refractivity contribution in [2.24, 2.45) is 0 Å². The average molecular weight is 368 g/mol. The first-order valence-electron chi connectivity index (χ1n) is 9.40. The van der Waals surface area contributed by atoms with Crippen LogP contribution in [0.15, 0.2) is 42.5 Å². The molecule has 1 atom stereocenters. The summed E-state index contributed by atoms with van der Waals surface area (Å²) >= 11 is 0. The third kappa shape index (κ3) is 4.67. The number of carbonyl (C=O) groups is 1. The molecule has 0 spiro atoms. The van der Waals surface area contributed by atoms with Gasteiger partial charge in [0.05, 0.1) is 26.4 Å². The van der Waals surface area contributed by atoms with Crippen LogP contribution in [0.3, 0.4) is 0 Å². The van der Waals surface area contributed by atoms with E-state index in [4.69, 9.17) is 9.47 Å². The quantitative estimate of drug-likeness (QED) is 0.851. The third-order valence-corrected chi connectivity index (χ3v) is 5.29. The Bertz CT molecular complexity index is 768. The van der Waals surface area contributed by atoms with E-state index < -0.39 is 0 Å². The van der Waals surface area contributed by atoms with Crippen LogP contribution in [0.4, 0.5) is 0 Å². The van der Waals surface area contributed by atoms with E-state index in [0.29, 0.717) is 6.54 Å². The highest BCUT2D eigenvalue weighted by atomic mass is 16.5. The van der Waals surface area contributed by atoms with Crippen molar-refractivity contribution in [1.82, 2.24) is 10.2 Å². The fraction of sp³-hybridized carbons (Fsp3) is 0.409. The normalized spacial score (nSPS) is 16.0. The molecule has 1 saturated heterocycles. The van der Waals surface area contributed by atoms with Crippen molar-refractivity contribution in [3.63, 3.8) is 0 Å². The Morgan fingerprint density at radius 3 is 2.52 bits per heavy atom. The molecule has 2 aromatic carbocycles. The summed E-state index contributed by atoms with van der Waals surface area (Å²) in [4.78, 5) is 15.1. The predicted octanol–water partition coefficient (Wildman–Crippen LogP) is 3.12. The van der Waals surface area contributed by atoms with Crippen LogP contribution >= 0.6 is 0 Å². The fourth-order valence-corrected chi connectivity index (χ4v) is 3.45. The first kappa shape index (κ1) is 19.4. The van der Waals surface area contributed by atoms with Gasteiger partial charge in [0.25, 0.3) is 5.91 Å². The van der Waals surface area contributed by atoms with Crippen molar-refractivity contribution in [1.29, 1.82) is 0 Å². The molecule has 2 aromatic rings. The van der Waals surface area contributed by atoms with Gasteiger partial charge in [0.2, 0.25) is 0 Å². The maximum absolute atomic E-state index is 12.8. The van der Waals surface area contributed by atoms with E-state index in [1.54, 1.807) is 7.11 Å². The first-order valence-corrected chi connectivity index (χ1v) is 9.40. The van der Waals surface area contributed by atoms with Crippen molar-refractivity contribution in [2.45, 2.75) is 19.9 Å². The van der Waals surface area contributed by atoms with Crippen LogP contribution in [-0.4, -0.2) is 50.8 Å². The molecule has 0 aromatic heterocycles. The largest absolute Gasteiger partial charge is 0.497 e. The lowest BCUT2D eigenvalue weighted by Gasteiger charge is -2.35. The van der Waals surface area contributed by atoms with Crippen LogP contribution in [0.2, 0.25) is 0 Å². The zero-order valence-electron chi connectivity index (χ0n) is 16.3. The summed E-state index contributed by atoms with van der Waals surface area (Å²) in [6.45, 7) is 7.73. The molecule has 1 amide bonds. The average Bonchev–Trinajstić information content (AvgIpc) is 2.71. The molecule has 1 heterocycles. The minimum Gasteiger partial charge on any atom is -0.497 e. The molecule has 1 fully saturated rings. The number of amides is 1. The van der Waals surface area contributed by atoms with Gasteiger partial charge in [0.15, 0.2) is 0 Å². The molecule has 1 N–H and O–H groups in total. The zero-order chi connectivity index (χ0) is 19.2. The molecule has 1 aliphatic heterocycles. The smallest absolute Gasteiger partial charge is 0.251 e. The van der Waals surface area contributed by atoms with Gasteiger partial charge in [-0.2, -0.15) is 0 Å². The van der Waals surface area contributed by atoms with Crippen molar-refractivity contribution in [2.75, 3.05) is 40.0 Å². The van der Waals surface area contributed by atoms with Crippen LogP contribution < -0.4 is 10.1 Å². The molecule has 0 bridgehead atoms. The van der Waals surface area contributed by atoms with E-state index in [9.17, 15) is 4.79 Å². The lowest BCUT2D eigenvalue weighted by atomic mass is 10.0. The van der Waals surface area contributed by atoms with Gasteiger partial charge in [-0.05, 0) is 48.7 Å². The van der Waals surface area contributed by atoms with Crippen molar-refractivity contribution in [3.8, 4) is 5.75 Å². The molecule has 144 valence electrons. The fourth-order valence-electron chi connectivity index (χ4n) is 3.45. The van der Waals surface area contributed by atoms with Gasteiger partial charge < -0.3 is 14.8 Å². The summed E-state index contributed by atoms with van der Waals surface area (Å²) in [7, 11) is 1.67. The molecule has 1 unspecified atom stereocenters. The summed E-state index contributed by atoms with van der Waals surface area (Å²) in [5, 5.41) is 3.14. The van der Waals surface area contributed by atoms with E-state index >= 15 is 0 Å². The van der Waals surface area contributed by atoms with Crippen molar-refractivity contribution >= 4 is 5.91 Å². The van der Waals surface area contributed by atoms with Gasteiger partial charge in [-0.3, -0.25) is 9.69 Å². The summed E-state index contributed by atoms with van der Waals surface area (Å²) in [6, 6.07) is 14.0. The standard InChI is InChI=1S/C22H28N2O3/c1-16-5-4-6-20(17(16)2)22(25)23-15-21(24-11-13-27-14-12-24)18-7-9-19(26-3)10-8-18/h4-10,21H,11-15H2,1-3H3,(H,23,25). The number of ether oxygens (including phenoxy) is 2. The zero-order valence-corrected chi connectivity index (χ0v) is 16.3. The minimum atomic E-state index is -0.0250. The number of morpholine rings is 1. The van der Waals surface area contributed by atoms with E-state index in [-0.39, 0.29) is 11.9 Å². The maximum atomic E-state index is 12.8. The Hall–Kier alpha value is -2.37. The lowest BCUT2D eigenvalue weighted by molar-refractivity contribution is 0.0162. The Kier molecular flexibility index (Phi) is 6.48. The molecule has 27 heavy (non-hydrogen) atoms. The summed E-state index contributed by atoms with van der Waals surface area (Å²) in [6.07, 6.45) is 0. The van der Waals surface area contributed by atoms with Crippen molar-refractivity contribution < 1.29 is 14.3 Å². The molecular formula is C22H28N2O3. The number of hydrogen-bond donors (Lipinski definition) is 1. The predicted molar refractivity (Wildman–Crippen MR) is 106 cm³/mol. The minimum absolute atomic E-state index is 0.0250. The summed E-state index contributed by atoms with van der Waals surface area (Å²) < 4.78 is 10.8. The van der Waals surface area contributed by atoms with E-state index in [1.165, 1.54) is 5.56 Å². The second kappa shape index (κ2) is 9.02. The number of hydrogen-bond acceptors (Lipinski definition) is 4. The monoisotopic (exact) mass is 368 g/mol. The number of nitrogens with zero attached hydrogens (tertiary/aromatic N) is 1. The number of carbonyl (C=O) groups excluding carboxylic acids is 1. The Balaban J connectivity index is 1.76. The Morgan fingerprint density at radius 1 is 1.15 bits per heavy atom. The highest BCUT2D eigenvalue weighted by molar-refractivity contribution is 5.95. The van der Waals surface area contributed by atoms with E-state index in [2.05, 4.69) is 22.3 Å².